The number of benzene rings is 2. The predicted octanol–water partition coefficient (Wildman–Crippen LogP) is 3.38. The third kappa shape index (κ3) is 5.66. The number of carbonyl (C=O) groups is 2. The maximum absolute atomic E-state index is 12.6. The quantitative estimate of drug-likeness (QED) is 0.416. The van der Waals surface area contributed by atoms with E-state index in [4.69, 9.17) is 4.74 Å². The number of pyridine rings is 1. The minimum absolute atomic E-state index is 0.0625. The summed E-state index contributed by atoms with van der Waals surface area (Å²) in [5.41, 5.74) is 3.34. The van der Waals surface area contributed by atoms with Gasteiger partial charge in [0.1, 0.15) is 18.0 Å². The van der Waals surface area contributed by atoms with Gasteiger partial charge in [-0.2, -0.15) is 0 Å². The van der Waals surface area contributed by atoms with E-state index < -0.39 is 0 Å². The van der Waals surface area contributed by atoms with E-state index in [1.165, 1.54) is 5.69 Å². The lowest BCUT2D eigenvalue weighted by atomic mass is 10.2. The molecule has 0 bridgehead atoms. The standard InChI is InChI=1S/C28H29N5O3/c34-27(32-17-15-31(16-18-32)24-8-2-1-3-9-24)12-13-29-28(35)22-7-6-10-25(19-22)36-21-23-20-33-14-5-4-11-26(33)30-23/h1-11,14,19-20H,12-13,15-18,21H2,(H,29,35). The van der Waals surface area contributed by atoms with Crippen LogP contribution >= 0.6 is 0 Å². The number of aromatic nitrogens is 2. The number of nitrogens with zero attached hydrogens (tertiary/aromatic N) is 4. The second kappa shape index (κ2) is 10.9. The van der Waals surface area contributed by atoms with Crippen LogP contribution in [0.1, 0.15) is 22.5 Å². The molecule has 0 saturated carbocycles. The molecule has 5 rings (SSSR count). The number of anilines is 1. The van der Waals surface area contributed by atoms with E-state index in [-0.39, 0.29) is 18.2 Å². The van der Waals surface area contributed by atoms with E-state index >= 15 is 0 Å². The summed E-state index contributed by atoms with van der Waals surface area (Å²) in [6.07, 6.45) is 4.14. The molecule has 1 fully saturated rings. The van der Waals surface area contributed by atoms with Crippen molar-refractivity contribution in [3.8, 4) is 5.75 Å². The van der Waals surface area contributed by atoms with Crippen molar-refractivity contribution >= 4 is 23.1 Å². The average Bonchev–Trinajstić information content (AvgIpc) is 3.36. The molecule has 0 radical (unpaired) electrons. The first kappa shape index (κ1) is 23.4. The van der Waals surface area contributed by atoms with Crippen molar-refractivity contribution in [1.82, 2.24) is 19.6 Å². The van der Waals surface area contributed by atoms with Crippen LogP contribution < -0.4 is 15.0 Å². The summed E-state index contributed by atoms with van der Waals surface area (Å²) in [7, 11) is 0. The average molecular weight is 484 g/mol. The van der Waals surface area contributed by atoms with Gasteiger partial charge in [0.25, 0.3) is 5.91 Å². The zero-order valence-corrected chi connectivity index (χ0v) is 20.0. The number of fused-ring (bicyclic) bond motifs is 1. The predicted molar refractivity (Wildman–Crippen MR) is 138 cm³/mol. The van der Waals surface area contributed by atoms with Crippen LogP contribution in [0.25, 0.3) is 5.65 Å². The smallest absolute Gasteiger partial charge is 0.251 e. The zero-order valence-electron chi connectivity index (χ0n) is 20.0. The van der Waals surface area contributed by atoms with Gasteiger partial charge in [0.15, 0.2) is 0 Å². The van der Waals surface area contributed by atoms with Crippen LogP contribution in [0.4, 0.5) is 5.69 Å². The highest BCUT2D eigenvalue weighted by atomic mass is 16.5. The Kier molecular flexibility index (Phi) is 7.12. The summed E-state index contributed by atoms with van der Waals surface area (Å²) >= 11 is 0. The Morgan fingerprint density at radius 3 is 2.53 bits per heavy atom. The van der Waals surface area contributed by atoms with Gasteiger partial charge in [0, 0.05) is 62.8 Å². The Balaban J connectivity index is 1.06. The molecule has 3 heterocycles. The van der Waals surface area contributed by atoms with E-state index in [2.05, 4.69) is 27.3 Å². The van der Waals surface area contributed by atoms with Crippen LogP contribution in [-0.4, -0.2) is 58.8 Å². The van der Waals surface area contributed by atoms with Crippen molar-refractivity contribution in [2.45, 2.75) is 13.0 Å². The fourth-order valence-corrected chi connectivity index (χ4v) is 4.34. The Labute approximate surface area is 210 Å². The Bertz CT molecular complexity index is 1300. The van der Waals surface area contributed by atoms with Gasteiger partial charge in [0.05, 0.1) is 5.69 Å². The van der Waals surface area contributed by atoms with E-state index in [9.17, 15) is 9.59 Å². The molecule has 184 valence electrons. The minimum Gasteiger partial charge on any atom is -0.487 e. The topological polar surface area (TPSA) is 79.2 Å². The lowest BCUT2D eigenvalue weighted by Gasteiger charge is -2.36. The molecule has 4 aromatic rings. The molecule has 2 amide bonds. The molecule has 36 heavy (non-hydrogen) atoms. The largest absolute Gasteiger partial charge is 0.487 e. The van der Waals surface area contributed by atoms with Gasteiger partial charge in [-0.15, -0.1) is 0 Å². The highest BCUT2D eigenvalue weighted by molar-refractivity contribution is 5.94. The van der Waals surface area contributed by atoms with Crippen LogP contribution in [0, 0.1) is 0 Å². The zero-order chi connectivity index (χ0) is 24.7. The summed E-state index contributed by atoms with van der Waals surface area (Å²) in [6, 6.07) is 23.1. The van der Waals surface area contributed by atoms with Crippen molar-refractivity contribution < 1.29 is 14.3 Å². The van der Waals surface area contributed by atoms with Gasteiger partial charge in [-0.1, -0.05) is 30.3 Å². The van der Waals surface area contributed by atoms with Gasteiger partial charge in [-0.05, 0) is 42.5 Å². The summed E-state index contributed by atoms with van der Waals surface area (Å²) in [6.45, 7) is 3.59. The summed E-state index contributed by atoms with van der Waals surface area (Å²) in [4.78, 5) is 33.9. The first-order valence-electron chi connectivity index (χ1n) is 12.2. The Morgan fingerprint density at radius 2 is 1.72 bits per heavy atom. The molecular formula is C28H29N5O3. The lowest BCUT2D eigenvalue weighted by Crippen LogP contribution is -2.49. The highest BCUT2D eigenvalue weighted by Gasteiger charge is 2.21. The fourth-order valence-electron chi connectivity index (χ4n) is 4.34. The number of imidazole rings is 1. The second-order valence-corrected chi connectivity index (χ2v) is 8.72. The van der Waals surface area contributed by atoms with Crippen LogP contribution in [0.5, 0.6) is 5.75 Å². The summed E-state index contributed by atoms with van der Waals surface area (Å²) in [5.74, 6) is 0.425. The molecule has 2 aromatic carbocycles. The van der Waals surface area contributed by atoms with Gasteiger partial charge in [-0.3, -0.25) is 9.59 Å². The molecule has 0 spiro atoms. The molecule has 2 aromatic heterocycles. The van der Waals surface area contributed by atoms with E-state index in [0.29, 0.717) is 37.6 Å². The third-order valence-electron chi connectivity index (χ3n) is 6.27. The summed E-state index contributed by atoms with van der Waals surface area (Å²) < 4.78 is 7.79. The second-order valence-electron chi connectivity index (χ2n) is 8.72. The van der Waals surface area contributed by atoms with E-state index in [1.54, 1.807) is 18.2 Å². The number of hydrogen-bond acceptors (Lipinski definition) is 5. The summed E-state index contributed by atoms with van der Waals surface area (Å²) in [5, 5.41) is 2.85. The first-order valence-corrected chi connectivity index (χ1v) is 12.2. The minimum atomic E-state index is -0.227. The maximum atomic E-state index is 12.6. The van der Waals surface area contributed by atoms with Gasteiger partial charge >= 0.3 is 0 Å². The van der Waals surface area contributed by atoms with Crippen LogP contribution in [0.3, 0.4) is 0 Å². The molecule has 0 aliphatic carbocycles. The Hall–Kier alpha value is -4.33. The van der Waals surface area contributed by atoms with Crippen molar-refractivity contribution in [2.24, 2.45) is 0 Å². The van der Waals surface area contributed by atoms with Gasteiger partial charge < -0.3 is 24.3 Å². The fraction of sp³-hybridized carbons (Fsp3) is 0.250. The number of carbonyl (C=O) groups excluding carboxylic acids is 2. The van der Waals surface area contributed by atoms with Crippen LogP contribution in [-0.2, 0) is 11.4 Å². The molecule has 0 atom stereocenters. The van der Waals surface area contributed by atoms with Gasteiger partial charge in [0.2, 0.25) is 5.91 Å². The van der Waals surface area contributed by atoms with Crippen molar-refractivity contribution in [3.05, 3.63) is 96.4 Å². The van der Waals surface area contributed by atoms with Crippen molar-refractivity contribution in [1.29, 1.82) is 0 Å². The normalized spacial score (nSPS) is 13.6. The highest BCUT2D eigenvalue weighted by Crippen LogP contribution is 2.17. The Morgan fingerprint density at radius 1 is 0.917 bits per heavy atom. The van der Waals surface area contributed by atoms with Crippen LogP contribution in [0.2, 0.25) is 0 Å². The SMILES string of the molecule is O=C(NCCC(=O)N1CCN(c2ccccc2)CC1)c1cccc(OCc2cn3ccccc3n2)c1. The number of hydrogen-bond donors (Lipinski definition) is 1. The molecule has 1 N–H and O–H groups in total. The third-order valence-corrected chi connectivity index (χ3v) is 6.27. The number of nitrogens with one attached hydrogen (secondary N) is 1. The number of rotatable bonds is 8. The molecule has 1 saturated heterocycles. The van der Waals surface area contributed by atoms with Crippen molar-refractivity contribution in [3.63, 3.8) is 0 Å². The van der Waals surface area contributed by atoms with Crippen LogP contribution in [0.15, 0.2) is 85.2 Å². The number of amides is 2. The molecule has 8 heteroatoms. The van der Waals surface area contributed by atoms with Crippen molar-refractivity contribution in [2.75, 3.05) is 37.6 Å². The first-order chi connectivity index (χ1) is 17.7. The number of ether oxygens (including phenoxy) is 1. The molecule has 8 nitrogen and oxygen atoms in total. The maximum Gasteiger partial charge on any atom is 0.251 e. The van der Waals surface area contributed by atoms with E-state index in [0.717, 1.165) is 24.4 Å². The number of para-hydroxylation sites is 1. The molecule has 1 aliphatic heterocycles. The molecular weight excluding hydrogens is 454 g/mol. The lowest BCUT2D eigenvalue weighted by molar-refractivity contribution is -0.131. The van der Waals surface area contributed by atoms with E-state index in [1.807, 2.05) is 64.2 Å². The monoisotopic (exact) mass is 483 g/mol. The molecule has 0 unspecified atom stereocenters. The number of piperazine rings is 1. The van der Waals surface area contributed by atoms with Gasteiger partial charge in [-0.25, -0.2) is 4.98 Å². The molecule has 1 aliphatic rings.